The summed E-state index contributed by atoms with van der Waals surface area (Å²) in [5.74, 6) is 0.446. The summed E-state index contributed by atoms with van der Waals surface area (Å²) < 4.78 is 6.72. The second-order valence-electron chi connectivity index (χ2n) is 9.65. The molecule has 0 heterocycles. The first-order valence-electron chi connectivity index (χ1n) is 12.4. The van der Waals surface area contributed by atoms with E-state index in [9.17, 15) is 9.59 Å². The number of ether oxygens (including phenoxy) is 1. The minimum Gasteiger partial charge on any atom is -0.483 e. The highest BCUT2D eigenvalue weighted by atomic mass is 79.9. The normalized spacial score (nSPS) is 11.9. The van der Waals surface area contributed by atoms with E-state index in [2.05, 4.69) is 35.1 Å². The van der Waals surface area contributed by atoms with Crippen LogP contribution in [0.2, 0.25) is 5.02 Å². The lowest BCUT2D eigenvalue weighted by atomic mass is 10.0. The second-order valence-corrected chi connectivity index (χ2v) is 10.9. The number of rotatable bonds is 11. The van der Waals surface area contributed by atoms with Crippen LogP contribution >= 0.6 is 27.5 Å². The lowest BCUT2D eigenvalue weighted by Gasteiger charge is -2.32. The highest BCUT2D eigenvalue weighted by Gasteiger charge is 2.31. The zero-order valence-electron chi connectivity index (χ0n) is 21.7. The van der Waals surface area contributed by atoms with Crippen molar-refractivity contribution in [2.45, 2.75) is 58.7 Å². The van der Waals surface area contributed by atoms with Crippen LogP contribution in [0.3, 0.4) is 0 Å². The van der Waals surface area contributed by atoms with Crippen LogP contribution in [-0.2, 0) is 22.6 Å². The van der Waals surface area contributed by atoms with Gasteiger partial charge in [-0.2, -0.15) is 0 Å². The predicted octanol–water partition coefficient (Wildman–Crippen LogP) is 6.77. The van der Waals surface area contributed by atoms with Crippen molar-refractivity contribution in [3.8, 4) is 5.75 Å². The Morgan fingerprint density at radius 3 is 2.27 bits per heavy atom. The number of nitrogens with zero attached hydrogens (tertiary/aromatic N) is 1. The maximum atomic E-state index is 13.7. The molecule has 5 nitrogen and oxygen atoms in total. The van der Waals surface area contributed by atoms with Crippen LogP contribution in [0.15, 0.2) is 77.3 Å². The van der Waals surface area contributed by atoms with E-state index in [-0.39, 0.29) is 31.0 Å². The van der Waals surface area contributed by atoms with E-state index in [0.717, 1.165) is 15.6 Å². The number of carbonyl (C=O) groups excluding carboxylic acids is 2. The number of halogens is 2. The van der Waals surface area contributed by atoms with Gasteiger partial charge in [0.1, 0.15) is 11.8 Å². The van der Waals surface area contributed by atoms with E-state index in [0.29, 0.717) is 23.1 Å². The molecule has 196 valence electrons. The van der Waals surface area contributed by atoms with Gasteiger partial charge in [-0.3, -0.25) is 9.59 Å². The number of amides is 2. The number of carbonyl (C=O) groups is 2. The lowest BCUT2D eigenvalue weighted by Crippen LogP contribution is -2.52. The van der Waals surface area contributed by atoms with Crippen LogP contribution < -0.4 is 10.1 Å². The first-order chi connectivity index (χ1) is 17.6. The SMILES string of the molecule is CC(C)NC(=O)C(Cc1ccccc1)N(Cc1cccc(Cl)c1)C(=O)COc1ccc(C(C)C)cc1Br. The maximum Gasteiger partial charge on any atom is 0.261 e. The zero-order chi connectivity index (χ0) is 26.9. The molecule has 1 atom stereocenters. The quantitative estimate of drug-likeness (QED) is 0.270. The average Bonchev–Trinajstić information content (AvgIpc) is 2.85. The first-order valence-corrected chi connectivity index (χ1v) is 13.6. The standard InChI is InChI=1S/C30H34BrClN2O3/c1-20(2)24-13-14-28(26(31)17-24)37-19-29(35)34(18-23-11-8-12-25(32)15-23)27(30(36)33-21(3)4)16-22-9-6-5-7-10-22/h5-15,17,20-21,27H,16,18-19H2,1-4H3,(H,33,36). The van der Waals surface area contributed by atoms with E-state index in [1.54, 1.807) is 11.0 Å². The fourth-order valence-corrected chi connectivity index (χ4v) is 4.71. The van der Waals surface area contributed by atoms with Crippen LogP contribution in [0.1, 0.15) is 50.3 Å². The third-order valence-electron chi connectivity index (χ3n) is 5.92. The summed E-state index contributed by atoms with van der Waals surface area (Å²) in [5.41, 5.74) is 2.96. The van der Waals surface area contributed by atoms with Gasteiger partial charge in [-0.15, -0.1) is 0 Å². The van der Waals surface area contributed by atoms with Gasteiger partial charge in [-0.25, -0.2) is 0 Å². The minimum absolute atomic E-state index is 0.0689. The Balaban J connectivity index is 1.91. The van der Waals surface area contributed by atoms with Crippen molar-refractivity contribution in [3.63, 3.8) is 0 Å². The van der Waals surface area contributed by atoms with Gasteiger partial charge >= 0.3 is 0 Å². The summed E-state index contributed by atoms with van der Waals surface area (Å²) in [6.45, 7) is 8.06. The number of benzene rings is 3. The van der Waals surface area contributed by atoms with Crippen molar-refractivity contribution in [2.75, 3.05) is 6.61 Å². The van der Waals surface area contributed by atoms with Crippen molar-refractivity contribution in [2.24, 2.45) is 0 Å². The Labute approximate surface area is 233 Å². The van der Waals surface area contributed by atoms with Crippen molar-refractivity contribution >= 4 is 39.3 Å². The van der Waals surface area contributed by atoms with Gasteiger partial charge < -0.3 is 15.0 Å². The molecule has 0 saturated heterocycles. The Bertz CT molecular complexity index is 1200. The monoisotopic (exact) mass is 584 g/mol. The zero-order valence-corrected chi connectivity index (χ0v) is 24.1. The molecule has 0 bridgehead atoms. The van der Waals surface area contributed by atoms with Gasteiger partial charge in [0.25, 0.3) is 5.91 Å². The predicted molar refractivity (Wildman–Crippen MR) is 153 cm³/mol. The van der Waals surface area contributed by atoms with Crippen LogP contribution in [0.25, 0.3) is 0 Å². The smallest absolute Gasteiger partial charge is 0.261 e. The van der Waals surface area contributed by atoms with Gasteiger partial charge in [0.05, 0.1) is 4.47 Å². The van der Waals surface area contributed by atoms with Crippen LogP contribution in [0.4, 0.5) is 0 Å². The third kappa shape index (κ3) is 8.61. The molecule has 7 heteroatoms. The summed E-state index contributed by atoms with van der Waals surface area (Å²) in [6, 6.07) is 22.1. The van der Waals surface area contributed by atoms with Gasteiger partial charge in [-0.05, 0) is 76.7 Å². The van der Waals surface area contributed by atoms with Crippen LogP contribution in [0.5, 0.6) is 5.75 Å². The van der Waals surface area contributed by atoms with Gasteiger partial charge in [0, 0.05) is 24.0 Å². The Morgan fingerprint density at radius 2 is 1.65 bits per heavy atom. The molecule has 0 fully saturated rings. The molecule has 0 aliphatic rings. The second kappa shape index (κ2) is 13.6. The number of hydrogen-bond acceptors (Lipinski definition) is 3. The topological polar surface area (TPSA) is 58.6 Å². The average molecular weight is 586 g/mol. The van der Waals surface area contributed by atoms with E-state index < -0.39 is 6.04 Å². The summed E-state index contributed by atoms with van der Waals surface area (Å²) in [6.07, 6.45) is 0.373. The molecule has 3 aromatic carbocycles. The molecule has 0 aliphatic carbocycles. The van der Waals surface area contributed by atoms with Crippen molar-refractivity contribution < 1.29 is 14.3 Å². The molecule has 3 rings (SSSR count). The third-order valence-corrected chi connectivity index (χ3v) is 6.77. The Kier molecular flexibility index (Phi) is 10.6. The molecular formula is C30H34BrClN2O3. The van der Waals surface area contributed by atoms with E-state index >= 15 is 0 Å². The number of nitrogens with one attached hydrogen (secondary N) is 1. The van der Waals surface area contributed by atoms with Gasteiger partial charge in [0.15, 0.2) is 6.61 Å². The van der Waals surface area contributed by atoms with Crippen LogP contribution in [0, 0.1) is 0 Å². The molecule has 2 amide bonds. The molecule has 1 N–H and O–H groups in total. The molecule has 0 aliphatic heterocycles. The van der Waals surface area contributed by atoms with E-state index in [1.807, 2.05) is 80.6 Å². The highest BCUT2D eigenvalue weighted by Crippen LogP contribution is 2.29. The van der Waals surface area contributed by atoms with Gasteiger partial charge in [-0.1, -0.05) is 74.0 Å². The maximum absolute atomic E-state index is 13.7. The molecule has 37 heavy (non-hydrogen) atoms. The Hall–Kier alpha value is -2.83. The highest BCUT2D eigenvalue weighted by molar-refractivity contribution is 9.10. The molecule has 0 radical (unpaired) electrons. The van der Waals surface area contributed by atoms with E-state index in [4.69, 9.17) is 16.3 Å². The van der Waals surface area contributed by atoms with Gasteiger partial charge in [0.2, 0.25) is 5.91 Å². The summed E-state index contributed by atoms with van der Waals surface area (Å²) in [4.78, 5) is 28.7. The summed E-state index contributed by atoms with van der Waals surface area (Å²) in [7, 11) is 0. The van der Waals surface area contributed by atoms with E-state index in [1.165, 1.54) is 5.56 Å². The molecule has 1 unspecified atom stereocenters. The minimum atomic E-state index is -0.730. The van der Waals surface area contributed by atoms with Crippen molar-refractivity contribution in [1.29, 1.82) is 0 Å². The van der Waals surface area contributed by atoms with Crippen molar-refractivity contribution in [3.05, 3.63) is 99.0 Å². The molecule has 0 spiro atoms. The fourth-order valence-electron chi connectivity index (χ4n) is 3.98. The Morgan fingerprint density at radius 1 is 0.946 bits per heavy atom. The number of hydrogen-bond donors (Lipinski definition) is 1. The molecule has 3 aromatic rings. The largest absolute Gasteiger partial charge is 0.483 e. The fraction of sp³-hybridized carbons (Fsp3) is 0.333. The summed E-state index contributed by atoms with van der Waals surface area (Å²) in [5, 5.41) is 3.56. The van der Waals surface area contributed by atoms with Crippen molar-refractivity contribution in [1.82, 2.24) is 10.2 Å². The lowest BCUT2D eigenvalue weighted by molar-refractivity contribution is -0.143. The first kappa shape index (κ1) is 28.7. The molecule has 0 saturated carbocycles. The molecular weight excluding hydrogens is 552 g/mol. The van der Waals surface area contributed by atoms with Crippen LogP contribution in [-0.4, -0.2) is 35.4 Å². The molecule has 0 aromatic heterocycles. The summed E-state index contributed by atoms with van der Waals surface area (Å²) >= 11 is 9.79.